The Morgan fingerprint density at radius 1 is 1.67 bits per heavy atom. The molecule has 0 aliphatic carbocycles. The first-order chi connectivity index (χ1) is 5.74. The van der Waals surface area contributed by atoms with Crippen LogP contribution < -0.4 is 5.73 Å². The third kappa shape index (κ3) is 2.03. The summed E-state index contributed by atoms with van der Waals surface area (Å²) < 4.78 is 4.80. The van der Waals surface area contributed by atoms with Gasteiger partial charge in [0.2, 0.25) is 0 Å². The minimum Gasteiger partial charge on any atom is -0.397 e. The Hall–Kier alpha value is -1.42. The predicted molar refractivity (Wildman–Crippen MR) is 47.4 cm³/mol. The van der Waals surface area contributed by atoms with Crippen molar-refractivity contribution in [1.29, 1.82) is 5.41 Å². The molecule has 0 bridgehead atoms. The number of nitrogens with one attached hydrogen (secondary N) is 1. The maximum atomic E-state index is 7.51. The van der Waals surface area contributed by atoms with Crippen LogP contribution in [0.1, 0.15) is 5.56 Å². The summed E-state index contributed by atoms with van der Waals surface area (Å²) in [4.78, 5) is 3.87. The number of nitrogen functional groups attached to an aromatic ring is 1. The van der Waals surface area contributed by atoms with Crippen molar-refractivity contribution in [2.75, 3.05) is 19.5 Å². The second-order valence-electron chi connectivity index (χ2n) is 2.42. The standard InChI is InChI=1S/C8H11N3O/c1-12-5-8(10)6-2-7(9)4-11-3-6/h2-4,10H,5,9H2,1H3. The van der Waals surface area contributed by atoms with E-state index in [-0.39, 0.29) is 6.61 Å². The Morgan fingerprint density at radius 2 is 2.42 bits per heavy atom. The minimum atomic E-state index is 0.283. The van der Waals surface area contributed by atoms with Crippen molar-refractivity contribution < 1.29 is 4.74 Å². The van der Waals surface area contributed by atoms with E-state index in [0.29, 0.717) is 17.0 Å². The highest BCUT2D eigenvalue weighted by molar-refractivity contribution is 5.99. The van der Waals surface area contributed by atoms with E-state index < -0.39 is 0 Å². The van der Waals surface area contributed by atoms with Gasteiger partial charge in [0.15, 0.2) is 0 Å². The molecule has 0 fully saturated rings. The zero-order valence-electron chi connectivity index (χ0n) is 6.87. The van der Waals surface area contributed by atoms with Gasteiger partial charge in [-0.25, -0.2) is 0 Å². The molecule has 0 unspecified atom stereocenters. The van der Waals surface area contributed by atoms with Crippen molar-refractivity contribution in [1.82, 2.24) is 4.98 Å². The highest BCUT2D eigenvalue weighted by atomic mass is 16.5. The van der Waals surface area contributed by atoms with E-state index in [9.17, 15) is 0 Å². The van der Waals surface area contributed by atoms with Crippen molar-refractivity contribution in [3.05, 3.63) is 24.0 Å². The van der Waals surface area contributed by atoms with Gasteiger partial charge in [-0.15, -0.1) is 0 Å². The number of nitrogens with zero attached hydrogens (tertiary/aromatic N) is 1. The molecule has 0 atom stereocenters. The number of anilines is 1. The molecule has 1 heterocycles. The molecular weight excluding hydrogens is 154 g/mol. The van der Waals surface area contributed by atoms with E-state index in [1.807, 2.05) is 0 Å². The Morgan fingerprint density at radius 3 is 3.00 bits per heavy atom. The van der Waals surface area contributed by atoms with Gasteiger partial charge in [-0.2, -0.15) is 0 Å². The lowest BCUT2D eigenvalue weighted by atomic mass is 10.2. The third-order valence-electron chi connectivity index (χ3n) is 1.40. The van der Waals surface area contributed by atoms with E-state index >= 15 is 0 Å². The lowest BCUT2D eigenvalue weighted by Gasteiger charge is -2.02. The highest BCUT2D eigenvalue weighted by Crippen LogP contribution is 2.04. The number of pyridine rings is 1. The predicted octanol–water partition coefficient (Wildman–Crippen LogP) is 0.678. The van der Waals surface area contributed by atoms with Gasteiger partial charge >= 0.3 is 0 Å². The molecule has 64 valence electrons. The quantitative estimate of drug-likeness (QED) is 0.647. The van der Waals surface area contributed by atoms with Crippen LogP contribution in [-0.4, -0.2) is 24.4 Å². The summed E-state index contributed by atoms with van der Waals surface area (Å²) in [6.07, 6.45) is 3.14. The highest BCUT2D eigenvalue weighted by Gasteiger charge is 2.00. The van der Waals surface area contributed by atoms with E-state index in [2.05, 4.69) is 4.98 Å². The summed E-state index contributed by atoms with van der Waals surface area (Å²) in [7, 11) is 1.55. The van der Waals surface area contributed by atoms with Crippen molar-refractivity contribution in [3.63, 3.8) is 0 Å². The van der Waals surface area contributed by atoms with Crippen LogP contribution in [0.25, 0.3) is 0 Å². The number of methoxy groups -OCH3 is 1. The molecule has 3 N–H and O–H groups in total. The topological polar surface area (TPSA) is 72.0 Å². The molecule has 0 aliphatic heterocycles. The van der Waals surface area contributed by atoms with Crippen LogP contribution in [0.3, 0.4) is 0 Å². The van der Waals surface area contributed by atoms with Crippen molar-refractivity contribution in [2.24, 2.45) is 0 Å². The fraction of sp³-hybridized carbons (Fsp3) is 0.250. The molecule has 4 heteroatoms. The normalized spacial score (nSPS) is 9.75. The van der Waals surface area contributed by atoms with Crippen LogP contribution in [0.15, 0.2) is 18.5 Å². The van der Waals surface area contributed by atoms with Gasteiger partial charge in [0, 0.05) is 25.1 Å². The number of rotatable bonds is 3. The summed E-state index contributed by atoms with van der Waals surface area (Å²) in [6, 6.07) is 1.70. The fourth-order valence-electron chi connectivity index (χ4n) is 0.850. The summed E-state index contributed by atoms with van der Waals surface area (Å²) in [5, 5.41) is 7.51. The molecule has 0 amide bonds. The second kappa shape index (κ2) is 3.82. The molecule has 4 nitrogen and oxygen atoms in total. The second-order valence-corrected chi connectivity index (χ2v) is 2.42. The average molecular weight is 165 g/mol. The number of hydrogen-bond donors (Lipinski definition) is 2. The van der Waals surface area contributed by atoms with Gasteiger partial charge in [0.25, 0.3) is 0 Å². The van der Waals surface area contributed by atoms with Crippen LogP contribution in [0.5, 0.6) is 0 Å². The van der Waals surface area contributed by atoms with Gasteiger partial charge in [0.1, 0.15) is 0 Å². The Kier molecular flexibility index (Phi) is 2.76. The molecule has 0 spiro atoms. The fourth-order valence-corrected chi connectivity index (χ4v) is 0.850. The smallest absolute Gasteiger partial charge is 0.0883 e. The number of hydrogen-bond acceptors (Lipinski definition) is 4. The third-order valence-corrected chi connectivity index (χ3v) is 1.40. The van der Waals surface area contributed by atoms with Gasteiger partial charge in [-0.05, 0) is 6.07 Å². The lowest BCUT2D eigenvalue weighted by Crippen LogP contribution is -2.07. The zero-order valence-corrected chi connectivity index (χ0v) is 6.87. The summed E-state index contributed by atoms with van der Waals surface area (Å²) in [6.45, 7) is 0.283. The Bertz CT molecular complexity index is 285. The van der Waals surface area contributed by atoms with E-state index in [0.717, 1.165) is 0 Å². The average Bonchev–Trinajstić information content (AvgIpc) is 2.05. The first-order valence-corrected chi connectivity index (χ1v) is 3.51. The molecule has 0 aliphatic rings. The van der Waals surface area contributed by atoms with Crippen LogP contribution in [-0.2, 0) is 4.74 Å². The molecule has 1 rings (SSSR count). The molecule has 0 radical (unpaired) electrons. The van der Waals surface area contributed by atoms with Crippen molar-refractivity contribution in [3.8, 4) is 0 Å². The number of ether oxygens (including phenoxy) is 1. The number of nitrogens with two attached hydrogens (primary N) is 1. The first kappa shape index (κ1) is 8.67. The van der Waals surface area contributed by atoms with E-state index in [4.69, 9.17) is 15.9 Å². The minimum absolute atomic E-state index is 0.283. The van der Waals surface area contributed by atoms with Crippen LogP contribution in [0.2, 0.25) is 0 Å². The van der Waals surface area contributed by atoms with Gasteiger partial charge < -0.3 is 15.9 Å². The maximum Gasteiger partial charge on any atom is 0.0883 e. The monoisotopic (exact) mass is 165 g/mol. The molecule has 1 aromatic rings. The van der Waals surface area contributed by atoms with Crippen LogP contribution in [0, 0.1) is 5.41 Å². The molecule has 12 heavy (non-hydrogen) atoms. The van der Waals surface area contributed by atoms with Crippen LogP contribution in [0.4, 0.5) is 5.69 Å². The molecule has 1 aromatic heterocycles. The van der Waals surface area contributed by atoms with Crippen molar-refractivity contribution in [2.45, 2.75) is 0 Å². The summed E-state index contributed by atoms with van der Waals surface area (Å²) in [5.74, 6) is 0. The Balaban J connectivity index is 2.81. The molecular formula is C8H11N3O. The zero-order chi connectivity index (χ0) is 8.97. The van der Waals surface area contributed by atoms with Gasteiger partial charge in [-0.3, -0.25) is 4.98 Å². The molecule has 0 saturated carbocycles. The Labute approximate surface area is 70.9 Å². The molecule has 0 saturated heterocycles. The van der Waals surface area contributed by atoms with E-state index in [1.165, 1.54) is 0 Å². The first-order valence-electron chi connectivity index (χ1n) is 3.51. The summed E-state index contributed by atoms with van der Waals surface area (Å²) in [5.41, 5.74) is 7.15. The van der Waals surface area contributed by atoms with Gasteiger partial charge in [0.05, 0.1) is 18.0 Å². The van der Waals surface area contributed by atoms with E-state index in [1.54, 1.807) is 25.6 Å². The molecule has 0 aromatic carbocycles. The largest absolute Gasteiger partial charge is 0.397 e. The van der Waals surface area contributed by atoms with Gasteiger partial charge in [-0.1, -0.05) is 0 Å². The van der Waals surface area contributed by atoms with Crippen molar-refractivity contribution >= 4 is 11.4 Å². The van der Waals surface area contributed by atoms with Crippen LogP contribution >= 0.6 is 0 Å². The SMILES string of the molecule is COCC(=N)c1cncc(N)c1. The number of aromatic nitrogens is 1. The summed E-state index contributed by atoms with van der Waals surface area (Å²) >= 11 is 0. The lowest BCUT2D eigenvalue weighted by molar-refractivity contribution is 0.245. The maximum absolute atomic E-state index is 7.51.